The Hall–Kier alpha value is 0.679. The molecular weight excluding hydrogens is 345 g/mol. The fourth-order valence-corrected chi connectivity index (χ4v) is 10.4. The summed E-state index contributed by atoms with van der Waals surface area (Å²) in [6.45, 7) is 10.5. The maximum atomic E-state index is 6.29. The first kappa shape index (κ1) is 19.7. The van der Waals surface area contributed by atoms with E-state index in [2.05, 4.69) is 27.7 Å². The molecule has 0 saturated carbocycles. The summed E-state index contributed by atoms with van der Waals surface area (Å²) in [5.74, 6) is 0. The molecule has 0 fully saturated rings. The van der Waals surface area contributed by atoms with E-state index in [1.807, 2.05) is 0 Å². The van der Waals surface area contributed by atoms with Gasteiger partial charge in [0.25, 0.3) is 0 Å². The quantitative estimate of drug-likeness (QED) is 0.385. The molecule has 4 heteroatoms. The molecule has 0 rings (SSSR count). The first-order chi connectivity index (χ1) is 9.10. The molecule has 0 aliphatic carbocycles. The second kappa shape index (κ2) is 12.4. The Morgan fingerprint density at radius 1 is 0.947 bits per heavy atom. The zero-order chi connectivity index (χ0) is 14.6. The molecular formula is C15H35NO2Sn. The normalized spacial score (nSPS) is 13.7. The SMILES string of the molecule is CCCC[O][Sn]([CH2]C)([CH2]CCC(C)N)[O]CCCC. The number of rotatable bonds is 13. The zero-order valence-electron chi connectivity index (χ0n) is 13.5. The van der Waals surface area contributed by atoms with Gasteiger partial charge in [0.15, 0.2) is 0 Å². The van der Waals surface area contributed by atoms with Gasteiger partial charge in [-0.1, -0.05) is 0 Å². The van der Waals surface area contributed by atoms with Crippen LogP contribution in [0.4, 0.5) is 0 Å². The summed E-state index contributed by atoms with van der Waals surface area (Å²) < 4.78 is 14.9. The van der Waals surface area contributed by atoms with Crippen LogP contribution in [0.15, 0.2) is 0 Å². The van der Waals surface area contributed by atoms with Crippen LogP contribution >= 0.6 is 0 Å². The summed E-state index contributed by atoms with van der Waals surface area (Å²) in [5, 5.41) is 0. The average Bonchev–Trinajstić information content (AvgIpc) is 2.38. The molecule has 0 aliphatic heterocycles. The number of unbranched alkanes of at least 4 members (excludes halogenated alkanes) is 2. The molecule has 0 aromatic rings. The van der Waals surface area contributed by atoms with Crippen LogP contribution in [0.3, 0.4) is 0 Å². The van der Waals surface area contributed by atoms with Crippen LogP contribution in [0.25, 0.3) is 0 Å². The molecule has 3 nitrogen and oxygen atoms in total. The van der Waals surface area contributed by atoms with Crippen molar-refractivity contribution in [1.29, 1.82) is 0 Å². The van der Waals surface area contributed by atoms with Gasteiger partial charge in [0.05, 0.1) is 0 Å². The fraction of sp³-hybridized carbons (Fsp3) is 1.00. The van der Waals surface area contributed by atoms with Crippen LogP contribution in [-0.2, 0) is 6.15 Å². The second-order valence-corrected chi connectivity index (χ2v) is 15.8. The Kier molecular flexibility index (Phi) is 12.9. The van der Waals surface area contributed by atoms with E-state index >= 15 is 0 Å². The van der Waals surface area contributed by atoms with Gasteiger partial charge in [-0.15, -0.1) is 0 Å². The molecule has 2 N–H and O–H groups in total. The van der Waals surface area contributed by atoms with Gasteiger partial charge in [-0.25, -0.2) is 0 Å². The Labute approximate surface area is 125 Å². The minimum absolute atomic E-state index is 0.298. The Morgan fingerprint density at radius 2 is 1.47 bits per heavy atom. The van der Waals surface area contributed by atoms with Crippen molar-refractivity contribution in [2.45, 2.75) is 81.1 Å². The fourth-order valence-electron chi connectivity index (χ4n) is 2.07. The molecule has 0 aliphatic rings. The predicted molar refractivity (Wildman–Crippen MR) is 85.6 cm³/mol. The summed E-state index contributed by atoms with van der Waals surface area (Å²) >= 11 is -2.78. The van der Waals surface area contributed by atoms with Gasteiger partial charge >= 0.3 is 125 Å². The van der Waals surface area contributed by atoms with Crippen molar-refractivity contribution in [3.8, 4) is 0 Å². The zero-order valence-corrected chi connectivity index (χ0v) is 16.4. The third kappa shape index (κ3) is 10.1. The van der Waals surface area contributed by atoms with Crippen LogP contribution in [-0.4, -0.2) is 38.5 Å². The van der Waals surface area contributed by atoms with Crippen molar-refractivity contribution < 1.29 is 6.15 Å². The van der Waals surface area contributed by atoms with Crippen LogP contribution in [0.5, 0.6) is 0 Å². The Bertz CT molecular complexity index is 191. The van der Waals surface area contributed by atoms with Crippen molar-refractivity contribution in [2.24, 2.45) is 5.73 Å². The van der Waals surface area contributed by atoms with E-state index in [4.69, 9.17) is 11.9 Å². The molecule has 1 atom stereocenters. The third-order valence-corrected chi connectivity index (χ3v) is 13.9. The van der Waals surface area contributed by atoms with Gasteiger partial charge in [-0.2, -0.15) is 0 Å². The van der Waals surface area contributed by atoms with Gasteiger partial charge in [-0.3, -0.25) is 0 Å². The minimum atomic E-state index is -2.78. The summed E-state index contributed by atoms with van der Waals surface area (Å²) in [6, 6.07) is 0.298. The first-order valence-corrected chi connectivity index (χ1v) is 14.5. The molecule has 0 aromatic heterocycles. The molecule has 0 saturated heterocycles. The molecule has 0 amide bonds. The second-order valence-electron chi connectivity index (χ2n) is 5.54. The molecule has 0 heterocycles. The summed E-state index contributed by atoms with van der Waals surface area (Å²) in [5.41, 5.74) is 5.85. The van der Waals surface area contributed by atoms with E-state index in [0.29, 0.717) is 6.04 Å². The van der Waals surface area contributed by atoms with Crippen LogP contribution < -0.4 is 5.73 Å². The van der Waals surface area contributed by atoms with Crippen molar-refractivity contribution in [1.82, 2.24) is 0 Å². The number of hydrogen-bond acceptors (Lipinski definition) is 3. The maximum absolute atomic E-state index is 6.29. The Morgan fingerprint density at radius 3 is 1.84 bits per heavy atom. The summed E-state index contributed by atoms with van der Waals surface area (Å²) in [4.78, 5) is 0. The van der Waals surface area contributed by atoms with Crippen molar-refractivity contribution in [3.63, 3.8) is 0 Å². The van der Waals surface area contributed by atoms with Crippen LogP contribution in [0.2, 0.25) is 8.87 Å². The van der Waals surface area contributed by atoms with E-state index in [1.54, 1.807) is 0 Å². The van der Waals surface area contributed by atoms with Crippen LogP contribution in [0.1, 0.15) is 66.2 Å². The van der Waals surface area contributed by atoms with Crippen LogP contribution in [0, 0.1) is 0 Å². The molecule has 19 heavy (non-hydrogen) atoms. The van der Waals surface area contributed by atoms with E-state index in [0.717, 1.165) is 36.9 Å². The standard InChI is InChI=1S/C5H12N.2C4H9O.C2H5.Sn/c1-3-4-5(2)6;2*1-2-3-4-5;1-2;/h5H,1,3-4,6H2,2H3;2*2-4H2,1H3;1H2,2H3;/q;2*-1;;+2. The van der Waals surface area contributed by atoms with Gasteiger partial charge < -0.3 is 0 Å². The van der Waals surface area contributed by atoms with Crippen molar-refractivity contribution in [2.75, 3.05) is 13.2 Å². The predicted octanol–water partition coefficient (Wildman–Crippen LogP) is 4.21. The Balaban J connectivity index is 4.28. The summed E-state index contributed by atoms with van der Waals surface area (Å²) in [6.07, 6.45) is 6.96. The molecule has 0 radical (unpaired) electrons. The molecule has 1 unspecified atom stereocenters. The van der Waals surface area contributed by atoms with Crippen molar-refractivity contribution in [3.05, 3.63) is 0 Å². The number of nitrogens with two attached hydrogens (primary N) is 1. The van der Waals surface area contributed by atoms with Gasteiger partial charge in [0.2, 0.25) is 0 Å². The molecule has 0 aromatic carbocycles. The van der Waals surface area contributed by atoms with Gasteiger partial charge in [0, 0.05) is 0 Å². The first-order valence-electron chi connectivity index (χ1n) is 8.13. The third-order valence-electron chi connectivity index (χ3n) is 3.48. The van der Waals surface area contributed by atoms with Gasteiger partial charge in [-0.05, 0) is 0 Å². The summed E-state index contributed by atoms with van der Waals surface area (Å²) in [7, 11) is 0. The van der Waals surface area contributed by atoms with Gasteiger partial charge in [0.1, 0.15) is 0 Å². The monoisotopic (exact) mass is 381 g/mol. The van der Waals surface area contributed by atoms with Crippen molar-refractivity contribution >= 4 is 19.2 Å². The average molecular weight is 380 g/mol. The van der Waals surface area contributed by atoms with E-state index < -0.39 is 19.2 Å². The van der Waals surface area contributed by atoms with E-state index in [1.165, 1.54) is 23.7 Å². The number of hydrogen-bond donors (Lipinski definition) is 1. The molecule has 116 valence electrons. The molecule has 0 spiro atoms. The topological polar surface area (TPSA) is 44.5 Å². The van der Waals surface area contributed by atoms with E-state index in [9.17, 15) is 0 Å². The molecule has 0 bridgehead atoms. The van der Waals surface area contributed by atoms with E-state index in [-0.39, 0.29) is 0 Å².